The van der Waals surface area contributed by atoms with Gasteiger partial charge in [-0.05, 0) is 43.5 Å². The maximum absolute atomic E-state index is 12.6. The van der Waals surface area contributed by atoms with Crippen LogP contribution in [0.4, 0.5) is 11.4 Å². The summed E-state index contributed by atoms with van der Waals surface area (Å²) < 4.78 is 0. The zero-order chi connectivity index (χ0) is 16.2. The van der Waals surface area contributed by atoms with E-state index in [9.17, 15) is 9.59 Å². The third kappa shape index (κ3) is 3.26. The largest absolute Gasteiger partial charge is 0.324 e. The fraction of sp³-hybridized carbons (Fsp3) is 0.263. The van der Waals surface area contributed by atoms with Gasteiger partial charge in [-0.1, -0.05) is 36.4 Å². The molecule has 2 aromatic carbocycles. The average Bonchev–Trinajstić information content (AvgIpc) is 2.73. The Labute approximate surface area is 136 Å². The van der Waals surface area contributed by atoms with Gasteiger partial charge in [-0.2, -0.15) is 0 Å². The highest BCUT2D eigenvalue weighted by Crippen LogP contribution is 2.28. The van der Waals surface area contributed by atoms with Crippen LogP contribution in [-0.4, -0.2) is 17.9 Å². The van der Waals surface area contributed by atoms with Crippen LogP contribution in [0.25, 0.3) is 0 Å². The second-order valence-electron chi connectivity index (χ2n) is 5.78. The minimum atomic E-state index is -0.554. The third-order valence-corrected chi connectivity index (χ3v) is 4.16. The normalized spacial score (nSPS) is 15.5. The molecule has 1 N–H and O–H groups in total. The molecule has 0 aromatic heterocycles. The van der Waals surface area contributed by atoms with Crippen LogP contribution in [0.1, 0.15) is 25.3 Å². The highest BCUT2D eigenvalue weighted by molar-refractivity contribution is 6.05. The summed E-state index contributed by atoms with van der Waals surface area (Å²) in [5.41, 5.74) is 2.71. The number of rotatable bonds is 3. The smallest absolute Gasteiger partial charge is 0.247 e. The molecule has 0 aliphatic carbocycles. The first-order valence-electron chi connectivity index (χ1n) is 7.92. The highest BCUT2D eigenvalue weighted by atomic mass is 16.2. The van der Waals surface area contributed by atoms with Crippen molar-refractivity contribution in [1.29, 1.82) is 0 Å². The Kier molecular flexibility index (Phi) is 4.42. The van der Waals surface area contributed by atoms with Crippen molar-refractivity contribution < 1.29 is 9.59 Å². The van der Waals surface area contributed by atoms with Gasteiger partial charge in [-0.25, -0.2) is 0 Å². The molecule has 2 amide bonds. The predicted octanol–water partition coefficient (Wildman–Crippen LogP) is 3.38. The maximum atomic E-state index is 12.6. The van der Waals surface area contributed by atoms with Crippen LogP contribution < -0.4 is 10.2 Å². The first-order chi connectivity index (χ1) is 11.2. The van der Waals surface area contributed by atoms with E-state index in [4.69, 9.17) is 0 Å². The first-order valence-corrected chi connectivity index (χ1v) is 7.92. The molecule has 1 atom stereocenters. The van der Waals surface area contributed by atoms with E-state index in [2.05, 4.69) is 5.32 Å². The maximum Gasteiger partial charge on any atom is 0.247 e. The molecule has 2 aromatic rings. The molecule has 0 unspecified atom stereocenters. The van der Waals surface area contributed by atoms with E-state index in [0.717, 1.165) is 29.8 Å². The molecule has 118 valence electrons. The van der Waals surface area contributed by atoms with Gasteiger partial charge in [0.15, 0.2) is 0 Å². The molecule has 23 heavy (non-hydrogen) atoms. The van der Waals surface area contributed by atoms with E-state index in [1.807, 2.05) is 54.6 Å². The fourth-order valence-electron chi connectivity index (χ4n) is 2.95. The van der Waals surface area contributed by atoms with Crippen LogP contribution in [0, 0.1) is 0 Å². The summed E-state index contributed by atoms with van der Waals surface area (Å²) in [6, 6.07) is 16.6. The van der Waals surface area contributed by atoms with E-state index in [-0.39, 0.29) is 11.8 Å². The van der Waals surface area contributed by atoms with Crippen LogP contribution in [0.15, 0.2) is 54.6 Å². The van der Waals surface area contributed by atoms with Crippen LogP contribution >= 0.6 is 0 Å². The number of carbonyl (C=O) groups excluding carboxylic acids is 2. The van der Waals surface area contributed by atoms with Gasteiger partial charge in [0.25, 0.3) is 0 Å². The summed E-state index contributed by atoms with van der Waals surface area (Å²) in [5, 5.41) is 2.88. The summed E-state index contributed by atoms with van der Waals surface area (Å²) in [6.07, 6.45) is 2.16. The van der Waals surface area contributed by atoms with E-state index < -0.39 is 6.04 Å². The quantitative estimate of drug-likeness (QED) is 0.945. The zero-order valence-corrected chi connectivity index (χ0v) is 13.2. The number of nitrogens with zero attached hydrogens (tertiary/aromatic N) is 1. The molecule has 0 saturated carbocycles. The Morgan fingerprint density at radius 3 is 2.52 bits per heavy atom. The lowest BCUT2D eigenvalue weighted by Crippen LogP contribution is -2.45. The van der Waals surface area contributed by atoms with Crippen molar-refractivity contribution in [3.8, 4) is 0 Å². The molecule has 0 spiro atoms. The Hall–Kier alpha value is -2.62. The van der Waals surface area contributed by atoms with E-state index in [1.165, 1.54) is 0 Å². The molecule has 0 fully saturated rings. The Balaban J connectivity index is 1.86. The minimum absolute atomic E-state index is 0.00524. The number of hydrogen-bond donors (Lipinski definition) is 1. The standard InChI is InChI=1S/C19H20N2O2/c1-14(19(23)20-16-10-3-2-4-11-16)21-17-12-6-5-8-15(17)9-7-13-18(21)22/h2-6,8,10-12,14H,7,9,13H2,1H3,(H,20,23)/t14-/m1/s1. The molecule has 4 heteroatoms. The lowest BCUT2D eigenvalue weighted by Gasteiger charge is -2.28. The second kappa shape index (κ2) is 6.65. The Morgan fingerprint density at radius 2 is 1.74 bits per heavy atom. The summed E-state index contributed by atoms with van der Waals surface area (Å²) >= 11 is 0. The fourth-order valence-corrected chi connectivity index (χ4v) is 2.95. The Morgan fingerprint density at radius 1 is 1.04 bits per heavy atom. The number of nitrogens with one attached hydrogen (secondary N) is 1. The van der Waals surface area contributed by atoms with Crippen molar-refractivity contribution in [3.05, 3.63) is 60.2 Å². The monoisotopic (exact) mass is 308 g/mol. The average molecular weight is 308 g/mol. The number of hydrogen-bond acceptors (Lipinski definition) is 2. The zero-order valence-electron chi connectivity index (χ0n) is 13.2. The van der Waals surface area contributed by atoms with Crippen LogP contribution in [0.3, 0.4) is 0 Å². The van der Waals surface area contributed by atoms with Gasteiger partial charge < -0.3 is 5.32 Å². The van der Waals surface area contributed by atoms with Crippen molar-refractivity contribution in [2.75, 3.05) is 10.2 Å². The van der Waals surface area contributed by atoms with E-state index in [0.29, 0.717) is 6.42 Å². The van der Waals surface area contributed by atoms with Crippen LogP contribution in [0.5, 0.6) is 0 Å². The number of benzene rings is 2. The predicted molar refractivity (Wildman–Crippen MR) is 91.4 cm³/mol. The molecule has 1 aliphatic rings. The van der Waals surface area contributed by atoms with Crippen molar-refractivity contribution in [2.24, 2.45) is 0 Å². The van der Waals surface area contributed by atoms with Crippen molar-refractivity contribution in [2.45, 2.75) is 32.2 Å². The lowest BCUT2D eigenvalue weighted by atomic mass is 10.1. The molecule has 0 radical (unpaired) electrons. The van der Waals surface area contributed by atoms with Crippen molar-refractivity contribution in [3.63, 3.8) is 0 Å². The topological polar surface area (TPSA) is 49.4 Å². The van der Waals surface area contributed by atoms with Crippen molar-refractivity contribution in [1.82, 2.24) is 0 Å². The van der Waals surface area contributed by atoms with Crippen LogP contribution in [-0.2, 0) is 16.0 Å². The number of amides is 2. The number of carbonyl (C=O) groups is 2. The molecule has 3 rings (SSSR count). The van der Waals surface area contributed by atoms with Gasteiger partial charge in [-0.3, -0.25) is 14.5 Å². The number of fused-ring (bicyclic) bond motifs is 1. The molecule has 1 aliphatic heterocycles. The van der Waals surface area contributed by atoms with Crippen molar-refractivity contribution >= 4 is 23.2 Å². The summed E-state index contributed by atoms with van der Waals surface area (Å²) in [4.78, 5) is 26.7. The molecule has 1 heterocycles. The minimum Gasteiger partial charge on any atom is -0.324 e. The van der Waals surface area contributed by atoms with Gasteiger partial charge >= 0.3 is 0 Å². The number of anilines is 2. The van der Waals surface area contributed by atoms with Gasteiger partial charge in [0.05, 0.1) is 0 Å². The van der Waals surface area contributed by atoms with Gasteiger partial charge in [0.1, 0.15) is 6.04 Å². The number of para-hydroxylation sites is 2. The molecule has 4 nitrogen and oxygen atoms in total. The molecule has 0 bridgehead atoms. The van der Waals surface area contributed by atoms with Gasteiger partial charge in [0, 0.05) is 17.8 Å². The summed E-state index contributed by atoms with van der Waals surface area (Å²) in [5.74, 6) is -0.174. The molecular formula is C19H20N2O2. The summed E-state index contributed by atoms with van der Waals surface area (Å²) in [7, 11) is 0. The summed E-state index contributed by atoms with van der Waals surface area (Å²) in [6.45, 7) is 1.78. The number of aryl methyl sites for hydroxylation is 1. The third-order valence-electron chi connectivity index (χ3n) is 4.16. The van der Waals surface area contributed by atoms with Crippen LogP contribution in [0.2, 0.25) is 0 Å². The van der Waals surface area contributed by atoms with Gasteiger partial charge in [0.2, 0.25) is 11.8 Å². The van der Waals surface area contributed by atoms with Gasteiger partial charge in [-0.15, -0.1) is 0 Å². The highest BCUT2D eigenvalue weighted by Gasteiger charge is 2.30. The Bertz CT molecular complexity index is 712. The molecule has 0 saturated heterocycles. The van der Waals surface area contributed by atoms with E-state index in [1.54, 1.807) is 11.8 Å². The molecular weight excluding hydrogens is 288 g/mol. The lowest BCUT2D eigenvalue weighted by molar-refractivity contribution is -0.123. The van der Waals surface area contributed by atoms with E-state index >= 15 is 0 Å². The second-order valence-corrected chi connectivity index (χ2v) is 5.78. The first kappa shape index (κ1) is 15.3. The SMILES string of the molecule is C[C@H](C(=O)Nc1ccccc1)N1C(=O)CCCc2ccccc21.